The van der Waals surface area contributed by atoms with Crippen LogP contribution in [-0.2, 0) is 20.9 Å². The first-order valence-electron chi connectivity index (χ1n) is 8.52. The van der Waals surface area contributed by atoms with E-state index in [1.807, 2.05) is 28.8 Å². The summed E-state index contributed by atoms with van der Waals surface area (Å²) in [5, 5.41) is 6.31. The van der Waals surface area contributed by atoms with Gasteiger partial charge in [0.15, 0.2) is 10.6 Å². The van der Waals surface area contributed by atoms with Crippen LogP contribution in [0, 0.1) is 6.92 Å². The number of para-hydroxylation sites is 1. The summed E-state index contributed by atoms with van der Waals surface area (Å²) < 4.78 is 13.1. The van der Waals surface area contributed by atoms with Crippen molar-refractivity contribution in [1.82, 2.24) is 9.72 Å². The number of carbonyl (C=O) groups excluding carboxylic acids is 2. The predicted octanol–water partition coefficient (Wildman–Crippen LogP) is 2.44. The van der Waals surface area contributed by atoms with Gasteiger partial charge >= 0.3 is 0 Å². The number of ether oxygens (including phenoxy) is 1. The van der Waals surface area contributed by atoms with E-state index in [-0.39, 0.29) is 23.3 Å². The Morgan fingerprint density at radius 2 is 2.18 bits per heavy atom. The Labute approximate surface area is 169 Å². The largest absolute Gasteiger partial charge is 0.383 e. The Morgan fingerprint density at radius 3 is 2.93 bits per heavy atom. The molecule has 3 aromatic rings. The number of fused-ring (bicyclic) bond motifs is 1. The minimum Gasteiger partial charge on any atom is -0.383 e. The lowest BCUT2D eigenvalue weighted by Crippen LogP contribution is -2.20. The minimum absolute atomic E-state index is 0.115. The van der Waals surface area contributed by atoms with E-state index in [0.29, 0.717) is 29.5 Å². The third-order valence-electron chi connectivity index (χ3n) is 3.68. The van der Waals surface area contributed by atoms with Gasteiger partial charge in [-0.25, -0.2) is 0 Å². The fraction of sp³-hybridized carbons (Fsp3) is 0.333. The number of benzene rings is 1. The zero-order chi connectivity index (χ0) is 19.9. The Balaban J connectivity index is 1.61. The molecule has 0 radical (unpaired) electrons. The molecule has 0 unspecified atom stereocenters. The second-order valence-corrected chi connectivity index (χ2v) is 7.86. The average Bonchev–Trinajstić information content (AvgIpc) is 3.22. The van der Waals surface area contributed by atoms with Gasteiger partial charge in [0, 0.05) is 19.7 Å². The van der Waals surface area contributed by atoms with Crippen LogP contribution >= 0.6 is 23.1 Å². The highest BCUT2D eigenvalue weighted by Gasteiger charge is 2.10. The van der Waals surface area contributed by atoms with Gasteiger partial charge in [0.05, 0.1) is 28.3 Å². The minimum atomic E-state index is -0.284. The van der Waals surface area contributed by atoms with Crippen LogP contribution in [-0.4, -0.2) is 46.8 Å². The summed E-state index contributed by atoms with van der Waals surface area (Å²) >= 11 is 2.66. The highest BCUT2D eigenvalue weighted by Crippen LogP contribution is 2.16. The van der Waals surface area contributed by atoms with Crippen LogP contribution in [0.25, 0.3) is 10.2 Å². The molecule has 3 rings (SSSR count). The van der Waals surface area contributed by atoms with Crippen LogP contribution in [0.4, 0.5) is 5.82 Å². The van der Waals surface area contributed by atoms with E-state index in [9.17, 15) is 9.59 Å². The Hall–Kier alpha value is -2.43. The lowest BCUT2D eigenvalue weighted by atomic mass is 10.3. The number of anilines is 1. The number of hydrogen-bond acceptors (Lipinski definition) is 7. The van der Waals surface area contributed by atoms with Crippen molar-refractivity contribution in [3.8, 4) is 0 Å². The molecule has 2 aromatic heterocycles. The zero-order valence-electron chi connectivity index (χ0n) is 15.5. The number of rotatable bonds is 8. The standard InChI is InChI=1S/C18H20N4O4S2/c1-12-9-15(21-26-12)19-16(23)10-27-11-17(24)20-18-22(7-8-25-2)13-5-3-4-6-14(13)28-18/h3-6,9H,7-8,10-11H2,1-2H3,(H,19,21,23). The maximum Gasteiger partial charge on any atom is 0.258 e. The lowest BCUT2D eigenvalue weighted by molar-refractivity contribution is -0.115. The molecule has 28 heavy (non-hydrogen) atoms. The number of aromatic nitrogens is 2. The van der Waals surface area contributed by atoms with Crippen molar-refractivity contribution in [2.75, 3.05) is 30.5 Å². The molecule has 0 saturated heterocycles. The number of methoxy groups -OCH3 is 1. The molecule has 0 spiro atoms. The van der Waals surface area contributed by atoms with E-state index >= 15 is 0 Å². The van der Waals surface area contributed by atoms with Gasteiger partial charge in [-0.3, -0.25) is 9.59 Å². The van der Waals surface area contributed by atoms with E-state index < -0.39 is 0 Å². The molecule has 2 amide bonds. The van der Waals surface area contributed by atoms with Crippen LogP contribution in [0.3, 0.4) is 0 Å². The molecular formula is C18H20N4O4S2. The second-order valence-electron chi connectivity index (χ2n) is 5.87. The Bertz CT molecular complexity index is 1040. The number of thioether (sulfide) groups is 1. The number of nitrogens with zero attached hydrogens (tertiary/aromatic N) is 3. The maximum absolute atomic E-state index is 12.3. The van der Waals surface area contributed by atoms with E-state index in [1.54, 1.807) is 20.1 Å². The van der Waals surface area contributed by atoms with Crippen molar-refractivity contribution >= 4 is 50.9 Å². The molecule has 0 aliphatic rings. The summed E-state index contributed by atoms with van der Waals surface area (Å²) in [7, 11) is 1.64. The van der Waals surface area contributed by atoms with Gasteiger partial charge in [0.25, 0.3) is 5.91 Å². The molecule has 10 heteroatoms. The van der Waals surface area contributed by atoms with Gasteiger partial charge in [-0.05, 0) is 19.1 Å². The number of thiazole rings is 1. The van der Waals surface area contributed by atoms with Gasteiger partial charge in [0.2, 0.25) is 5.91 Å². The number of aryl methyl sites for hydroxylation is 1. The molecule has 0 atom stereocenters. The fourth-order valence-electron chi connectivity index (χ4n) is 2.48. The van der Waals surface area contributed by atoms with Crippen molar-refractivity contribution in [2.24, 2.45) is 4.99 Å². The summed E-state index contributed by atoms with van der Waals surface area (Å²) in [6.07, 6.45) is 0. The topological polar surface area (TPSA) is 98.7 Å². The molecule has 0 saturated carbocycles. The van der Waals surface area contributed by atoms with Crippen molar-refractivity contribution in [3.63, 3.8) is 0 Å². The second kappa shape index (κ2) is 9.67. The van der Waals surface area contributed by atoms with Crippen LogP contribution in [0.5, 0.6) is 0 Å². The zero-order valence-corrected chi connectivity index (χ0v) is 17.1. The van der Waals surface area contributed by atoms with Crippen molar-refractivity contribution in [3.05, 3.63) is 40.9 Å². The summed E-state index contributed by atoms with van der Waals surface area (Å²) in [4.78, 5) is 29.0. The van der Waals surface area contributed by atoms with Crippen molar-refractivity contribution < 1.29 is 18.8 Å². The normalized spacial score (nSPS) is 11.9. The monoisotopic (exact) mass is 420 g/mol. The SMILES string of the molecule is COCCn1c(=NC(=O)CSCC(=O)Nc2cc(C)on2)sc2ccccc21. The van der Waals surface area contributed by atoms with Gasteiger partial charge in [-0.15, -0.1) is 11.8 Å². The molecule has 148 valence electrons. The van der Waals surface area contributed by atoms with Crippen LogP contribution in [0.15, 0.2) is 39.8 Å². The van der Waals surface area contributed by atoms with Crippen LogP contribution < -0.4 is 10.1 Å². The smallest absolute Gasteiger partial charge is 0.258 e. The summed E-state index contributed by atoms with van der Waals surface area (Å²) in [6.45, 7) is 2.88. The third kappa shape index (κ3) is 5.31. The summed E-state index contributed by atoms with van der Waals surface area (Å²) in [6, 6.07) is 9.53. The molecule has 8 nitrogen and oxygen atoms in total. The molecule has 0 aliphatic carbocycles. The highest BCUT2D eigenvalue weighted by molar-refractivity contribution is 8.00. The Morgan fingerprint density at radius 1 is 1.36 bits per heavy atom. The number of amides is 2. The lowest BCUT2D eigenvalue weighted by Gasteiger charge is -2.04. The van der Waals surface area contributed by atoms with E-state index in [1.165, 1.54) is 23.1 Å². The Kier molecular flexibility index (Phi) is 7.01. The number of nitrogens with one attached hydrogen (secondary N) is 1. The highest BCUT2D eigenvalue weighted by atomic mass is 32.2. The van der Waals surface area contributed by atoms with Gasteiger partial charge in [-0.1, -0.05) is 28.6 Å². The predicted molar refractivity (Wildman–Crippen MR) is 109 cm³/mol. The summed E-state index contributed by atoms with van der Waals surface area (Å²) in [5.41, 5.74) is 1.02. The van der Waals surface area contributed by atoms with Crippen LogP contribution in [0.1, 0.15) is 5.76 Å². The fourth-order valence-corrected chi connectivity index (χ4v) is 4.15. The first kappa shape index (κ1) is 20.3. The molecule has 1 N–H and O–H groups in total. The first-order chi connectivity index (χ1) is 13.6. The maximum atomic E-state index is 12.3. The van der Waals surface area contributed by atoms with E-state index in [2.05, 4.69) is 15.5 Å². The van der Waals surface area contributed by atoms with Gasteiger partial charge < -0.3 is 19.1 Å². The number of carbonyl (C=O) groups is 2. The quantitative estimate of drug-likeness (QED) is 0.601. The van der Waals surface area contributed by atoms with Gasteiger partial charge in [0.1, 0.15) is 5.76 Å². The van der Waals surface area contributed by atoms with E-state index in [0.717, 1.165) is 10.2 Å². The van der Waals surface area contributed by atoms with Crippen molar-refractivity contribution in [2.45, 2.75) is 13.5 Å². The molecule has 1 aromatic carbocycles. The van der Waals surface area contributed by atoms with E-state index in [4.69, 9.17) is 9.26 Å². The van der Waals surface area contributed by atoms with Crippen LogP contribution in [0.2, 0.25) is 0 Å². The average molecular weight is 421 g/mol. The molecule has 2 heterocycles. The first-order valence-corrected chi connectivity index (χ1v) is 10.5. The molecule has 0 fully saturated rings. The molecule has 0 bridgehead atoms. The molecular weight excluding hydrogens is 400 g/mol. The third-order valence-corrected chi connectivity index (χ3v) is 5.66. The van der Waals surface area contributed by atoms with Crippen molar-refractivity contribution in [1.29, 1.82) is 0 Å². The van der Waals surface area contributed by atoms with Gasteiger partial charge in [-0.2, -0.15) is 4.99 Å². The molecule has 0 aliphatic heterocycles. The number of hydrogen-bond donors (Lipinski definition) is 1. The summed E-state index contributed by atoms with van der Waals surface area (Å²) in [5.74, 6) is 0.689.